The highest BCUT2D eigenvalue weighted by molar-refractivity contribution is 6.13. The summed E-state index contributed by atoms with van der Waals surface area (Å²) in [5, 5.41) is 2.21. The molecule has 0 atom stereocenters. The van der Waals surface area contributed by atoms with Crippen LogP contribution in [-0.4, -0.2) is 9.55 Å². The average molecular weight is 599 g/mol. The fourth-order valence-corrected chi connectivity index (χ4v) is 8.61. The molecule has 0 saturated carbocycles. The molecule has 0 unspecified atom stereocenters. The molecular weight excluding hydrogens is 572 g/mol. The molecule has 47 heavy (non-hydrogen) atoms. The van der Waals surface area contributed by atoms with E-state index in [-0.39, 0.29) is 0 Å². The Balaban J connectivity index is 1.19. The fourth-order valence-electron chi connectivity index (χ4n) is 8.61. The van der Waals surface area contributed by atoms with Gasteiger partial charge in [-0.1, -0.05) is 115 Å². The van der Waals surface area contributed by atoms with Crippen molar-refractivity contribution in [1.82, 2.24) is 9.55 Å². The van der Waals surface area contributed by atoms with Gasteiger partial charge in [-0.25, -0.2) is 4.98 Å². The standard InChI is InChI=1S/C44H26N2O/c1-2-12-28(13-3-1)46-39-21-11-10-20-38(39)45-43(46)27-22-25-40-33(26-27)31-23-24-37-41(42(31)47-40)32-16-6-9-19-36(32)44(37)34-17-7-4-14-29(34)30-15-5-8-18-35(30)44/h1-26H. The highest BCUT2D eigenvalue weighted by Crippen LogP contribution is 2.64. The Morgan fingerprint density at radius 2 is 1.15 bits per heavy atom. The van der Waals surface area contributed by atoms with Crippen LogP contribution >= 0.6 is 0 Å². The fraction of sp³-hybridized carbons (Fsp3) is 0.0227. The molecular formula is C44H26N2O. The highest BCUT2D eigenvalue weighted by atomic mass is 16.3. The molecule has 0 bridgehead atoms. The second-order valence-corrected chi connectivity index (χ2v) is 12.7. The van der Waals surface area contributed by atoms with E-state index in [4.69, 9.17) is 9.40 Å². The van der Waals surface area contributed by atoms with Gasteiger partial charge in [0.2, 0.25) is 0 Å². The summed E-state index contributed by atoms with van der Waals surface area (Å²) < 4.78 is 9.12. The first kappa shape index (κ1) is 25.1. The number of rotatable bonds is 2. The third-order valence-corrected chi connectivity index (χ3v) is 10.4. The predicted molar refractivity (Wildman–Crippen MR) is 190 cm³/mol. The first-order valence-corrected chi connectivity index (χ1v) is 16.1. The lowest BCUT2D eigenvalue weighted by Gasteiger charge is -2.30. The number of furan rings is 1. The zero-order valence-corrected chi connectivity index (χ0v) is 25.3. The molecule has 0 N–H and O–H groups in total. The largest absolute Gasteiger partial charge is 0.455 e. The number of hydrogen-bond acceptors (Lipinski definition) is 2. The Morgan fingerprint density at radius 3 is 1.91 bits per heavy atom. The maximum atomic E-state index is 6.87. The van der Waals surface area contributed by atoms with Crippen LogP contribution in [0.5, 0.6) is 0 Å². The van der Waals surface area contributed by atoms with Crippen molar-refractivity contribution in [3.8, 4) is 39.3 Å². The Labute approximate surface area is 271 Å². The van der Waals surface area contributed by atoms with Crippen LogP contribution in [0.4, 0.5) is 0 Å². The summed E-state index contributed by atoms with van der Waals surface area (Å²) in [7, 11) is 0. The van der Waals surface area contributed by atoms with E-state index in [1.165, 1.54) is 44.5 Å². The van der Waals surface area contributed by atoms with Crippen LogP contribution in [0.3, 0.4) is 0 Å². The zero-order valence-electron chi connectivity index (χ0n) is 25.3. The van der Waals surface area contributed by atoms with E-state index in [2.05, 4.69) is 156 Å². The Hall–Kier alpha value is -6.19. The highest BCUT2D eigenvalue weighted by Gasteiger charge is 2.52. The van der Waals surface area contributed by atoms with Crippen molar-refractivity contribution in [2.45, 2.75) is 5.41 Å². The molecule has 0 radical (unpaired) electrons. The minimum absolute atomic E-state index is 0.391. The van der Waals surface area contributed by atoms with E-state index >= 15 is 0 Å². The van der Waals surface area contributed by atoms with E-state index < -0.39 is 5.41 Å². The van der Waals surface area contributed by atoms with Crippen molar-refractivity contribution in [1.29, 1.82) is 0 Å². The van der Waals surface area contributed by atoms with Crippen molar-refractivity contribution >= 4 is 33.0 Å². The van der Waals surface area contributed by atoms with Crippen molar-refractivity contribution in [2.75, 3.05) is 0 Å². The maximum Gasteiger partial charge on any atom is 0.145 e. The predicted octanol–water partition coefficient (Wildman–Crippen LogP) is 10.9. The molecule has 7 aromatic carbocycles. The molecule has 2 aromatic heterocycles. The van der Waals surface area contributed by atoms with E-state index in [0.29, 0.717) is 0 Å². The number of fused-ring (bicyclic) bond motifs is 15. The van der Waals surface area contributed by atoms with Gasteiger partial charge in [0.05, 0.1) is 16.4 Å². The maximum absolute atomic E-state index is 6.87. The molecule has 218 valence electrons. The van der Waals surface area contributed by atoms with E-state index in [0.717, 1.165) is 50.0 Å². The van der Waals surface area contributed by atoms with Crippen LogP contribution in [0.2, 0.25) is 0 Å². The molecule has 0 amide bonds. The van der Waals surface area contributed by atoms with Gasteiger partial charge in [-0.05, 0) is 81.4 Å². The summed E-state index contributed by atoms with van der Waals surface area (Å²) in [6.45, 7) is 0. The van der Waals surface area contributed by atoms with Crippen LogP contribution in [0.15, 0.2) is 162 Å². The second kappa shape index (κ2) is 8.96. The smallest absolute Gasteiger partial charge is 0.145 e. The van der Waals surface area contributed by atoms with Gasteiger partial charge < -0.3 is 4.42 Å². The summed E-state index contributed by atoms with van der Waals surface area (Å²) in [6, 6.07) is 56.7. The number of benzene rings is 7. The normalized spacial score (nSPS) is 13.7. The van der Waals surface area contributed by atoms with Crippen molar-refractivity contribution < 1.29 is 4.42 Å². The van der Waals surface area contributed by atoms with Gasteiger partial charge >= 0.3 is 0 Å². The molecule has 1 spiro atoms. The summed E-state index contributed by atoms with van der Waals surface area (Å²) in [4.78, 5) is 5.14. The molecule has 2 aliphatic carbocycles. The first-order valence-electron chi connectivity index (χ1n) is 16.1. The minimum Gasteiger partial charge on any atom is -0.455 e. The lowest BCUT2D eigenvalue weighted by molar-refractivity contribution is 0.669. The second-order valence-electron chi connectivity index (χ2n) is 12.7. The van der Waals surface area contributed by atoms with Gasteiger partial charge in [-0.15, -0.1) is 0 Å². The number of imidazole rings is 1. The number of hydrogen-bond donors (Lipinski definition) is 0. The quantitative estimate of drug-likeness (QED) is 0.198. The monoisotopic (exact) mass is 598 g/mol. The molecule has 0 fully saturated rings. The molecule has 11 rings (SSSR count). The average Bonchev–Trinajstić information content (AvgIpc) is 3.87. The van der Waals surface area contributed by atoms with Crippen molar-refractivity contribution in [3.05, 3.63) is 180 Å². The third-order valence-electron chi connectivity index (χ3n) is 10.4. The first-order chi connectivity index (χ1) is 23.3. The van der Waals surface area contributed by atoms with Crippen molar-refractivity contribution in [3.63, 3.8) is 0 Å². The zero-order chi connectivity index (χ0) is 30.7. The van der Waals surface area contributed by atoms with E-state index in [1.54, 1.807) is 0 Å². The summed E-state index contributed by atoms with van der Waals surface area (Å²) in [5.74, 6) is 0.915. The Bertz CT molecular complexity index is 2700. The minimum atomic E-state index is -0.391. The number of aromatic nitrogens is 2. The van der Waals surface area contributed by atoms with Gasteiger partial charge in [0.1, 0.15) is 17.0 Å². The lowest BCUT2D eigenvalue weighted by Crippen LogP contribution is -2.25. The van der Waals surface area contributed by atoms with E-state index in [9.17, 15) is 0 Å². The number of para-hydroxylation sites is 3. The van der Waals surface area contributed by atoms with Gasteiger partial charge in [0, 0.05) is 27.6 Å². The van der Waals surface area contributed by atoms with Crippen LogP contribution in [0.25, 0.3) is 72.3 Å². The van der Waals surface area contributed by atoms with Gasteiger partial charge in [0.15, 0.2) is 0 Å². The molecule has 9 aromatic rings. The number of nitrogens with zero attached hydrogens (tertiary/aromatic N) is 2. The van der Waals surface area contributed by atoms with Crippen LogP contribution in [-0.2, 0) is 5.41 Å². The molecule has 2 heterocycles. The molecule has 3 heteroatoms. The van der Waals surface area contributed by atoms with Crippen LogP contribution in [0.1, 0.15) is 22.3 Å². The molecule has 0 saturated heterocycles. The topological polar surface area (TPSA) is 31.0 Å². The Kier molecular flexibility index (Phi) is 4.78. The lowest BCUT2D eigenvalue weighted by atomic mass is 9.70. The SMILES string of the molecule is c1ccc(-n2c(-c3ccc4oc5c6c(ccc5c4c3)C3(c4ccccc4-c4ccccc43)c3ccccc3-6)nc3ccccc32)cc1. The van der Waals surface area contributed by atoms with Crippen LogP contribution < -0.4 is 0 Å². The van der Waals surface area contributed by atoms with Gasteiger partial charge in [-0.3, -0.25) is 4.57 Å². The molecule has 0 aliphatic heterocycles. The van der Waals surface area contributed by atoms with Crippen LogP contribution in [0, 0.1) is 0 Å². The molecule has 3 nitrogen and oxygen atoms in total. The third kappa shape index (κ3) is 3.09. The van der Waals surface area contributed by atoms with E-state index in [1.807, 2.05) is 6.07 Å². The van der Waals surface area contributed by atoms with Crippen molar-refractivity contribution in [2.24, 2.45) is 0 Å². The molecule has 2 aliphatic rings. The summed E-state index contributed by atoms with van der Waals surface area (Å²) in [6.07, 6.45) is 0. The Morgan fingerprint density at radius 1 is 0.511 bits per heavy atom. The van der Waals surface area contributed by atoms with Gasteiger partial charge in [-0.2, -0.15) is 0 Å². The van der Waals surface area contributed by atoms with Gasteiger partial charge in [0.25, 0.3) is 0 Å². The summed E-state index contributed by atoms with van der Waals surface area (Å²) >= 11 is 0. The summed E-state index contributed by atoms with van der Waals surface area (Å²) in [5.41, 5.74) is 16.0.